The molecule has 2 aromatic rings. The molecule has 2 aromatic carbocycles. The number of amides is 1. The maximum atomic E-state index is 12.7. The molecule has 2 aliphatic rings. The van der Waals surface area contributed by atoms with Crippen molar-refractivity contribution in [2.75, 3.05) is 31.1 Å². The fraction of sp³-hybridized carbons (Fsp3) is 0.381. The summed E-state index contributed by atoms with van der Waals surface area (Å²) >= 11 is 0. The van der Waals surface area contributed by atoms with Gasteiger partial charge in [-0.25, -0.2) is 0 Å². The lowest BCUT2D eigenvalue weighted by atomic mass is 10.00. The molecule has 1 atom stereocenters. The summed E-state index contributed by atoms with van der Waals surface area (Å²) in [5.74, 6) is 0.695. The van der Waals surface area contributed by atoms with Crippen LogP contribution in [-0.4, -0.2) is 38.1 Å². The maximum absolute atomic E-state index is 12.7. The van der Waals surface area contributed by atoms with E-state index in [1.165, 1.54) is 11.1 Å². The van der Waals surface area contributed by atoms with Crippen LogP contribution in [0.3, 0.4) is 0 Å². The minimum atomic E-state index is -0.0679. The van der Waals surface area contributed by atoms with E-state index < -0.39 is 0 Å². The highest BCUT2D eigenvalue weighted by Gasteiger charge is 2.32. The zero-order valence-electron chi connectivity index (χ0n) is 14.9. The van der Waals surface area contributed by atoms with E-state index in [0.717, 1.165) is 44.7 Å². The number of carbonyl (C=O) groups excluding carboxylic acids is 1. The van der Waals surface area contributed by atoms with E-state index in [2.05, 4.69) is 64.7 Å². The Kier molecular flexibility index (Phi) is 5.29. The summed E-state index contributed by atoms with van der Waals surface area (Å²) in [4.78, 5) is 14.6. The molecule has 3 N–H and O–H groups in total. The van der Waals surface area contributed by atoms with Crippen LogP contribution in [0.5, 0.6) is 0 Å². The summed E-state index contributed by atoms with van der Waals surface area (Å²) < 4.78 is 0. The molecule has 0 bridgehead atoms. The van der Waals surface area contributed by atoms with Gasteiger partial charge in [0, 0.05) is 31.2 Å². The molecule has 136 valence electrons. The van der Waals surface area contributed by atoms with Crippen LogP contribution in [0.4, 0.5) is 5.69 Å². The minimum absolute atomic E-state index is 0.0679. The van der Waals surface area contributed by atoms with Crippen LogP contribution in [0, 0.1) is 0 Å². The summed E-state index contributed by atoms with van der Waals surface area (Å²) in [6.07, 6.45) is 1.81. The molecule has 4 rings (SSSR count). The van der Waals surface area contributed by atoms with Crippen molar-refractivity contribution in [2.24, 2.45) is 0 Å². The summed E-state index contributed by atoms with van der Waals surface area (Å²) in [6, 6.07) is 18.8. The van der Waals surface area contributed by atoms with E-state index in [0.29, 0.717) is 5.92 Å². The molecule has 1 amide bonds. The topological polar surface area (TPSA) is 56.4 Å². The molecule has 2 saturated heterocycles. The number of hydrogen-bond donors (Lipinski definition) is 3. The van der Waals surface area contributed by atoms with Crippen LogP contribution in [0.1, 0.15) is 23.5 Å². The molecule has 5 nitrogen and oxygen atoms in total. The van der Waals surface area contributed by atoms with E-state index in [9.17, 15) is 4.79 Å². The summed E-state index contributed by atoms with van der Waals surface area (Å²) in [5, 5.41) is 3.43. The number of hydrogen-bond acceptors (Lipinski definition) is 4. The predicted molar refractivity (Wildman–Crippen MR) is 104 cm³/mol. The van der Waals surface area contributed by atoms with Gasteiger partial charge in [-0.1, -0.05) is 42.5 Å². The highest BCUT2D eigenvalue weighted by Crippen LogP contribution is 2.25. The average Bonchev–Trinajstić information content (AvgIpc) is 3.34. The number of anilines is 1. The van der Waals surface area contributed by atoms with Gasteiger partial charge in [-0.15, -0.1) is 0 Å². The Morgan fingerprint density at radius 1 is 1.00 bits per heavy atom. The summed E-state index contributed by atoms with van der Waals surface area (Å²) in [6.45, 7) is 3.52. The van der Waals surface area contributed by atoms with E-state index in [1.807, 2.05) is 11.0 Å². The molecular formula is C21H26N4O. The van der Waals surface area contributed by atoms with Crippen LogP contribution in [0.25, 0.3) is 0 Å². The largest absolute Gasteiger partial charge is 0.311 e. The zero-order valence-corrected chi connectivity index (χ0v) is 14.9. The Bertz CT molecular complexity index is 725. The molecule has 0 aromatic heterocycles. The second-order valence-corrected chi connectivity index (χ2v) is 7.07. The van der Waals surface area contributed by atoms with Crippen molar-refractivity contribution >= 4 is 11.6 Å². The quantitative estimate of drug-likeness (QED) is 0.744. The Hall–Kier alpha value is -2.21. The van der Waals surface area contributed by atoms with Crippen LogP contribution < -0.4 is 21.1 Å². The summed E-state index contributed by atoms with van der Waals surface area (Å²) in [7, 11) is 0. The van der Waals surface area contributed by atoms with Crippen molar-refractivity contribution in [1.82, 2.24) is 16.2 Å². The third-order valence-corrected chi connectivity index (χ3v) is 5.35. The average molecular weight is 350 g/mol. The van der Waals surface area contributed by atoms with E-state index >= 15 is 0 Å². The van der Waals surface area contributed by atoms with Gasteiger partial charge in [-0.05, 0) is 42.6 Å². The molecule has 5 heteroatoms. The second kappa shape index (κ2) is 7.99. The first-order chi connectivity index (χ1) is 12.8. The van der Waals surface area contributed by atoms with Gasteiger partial charge < -0.3 is 10.2 Å². The molecule has 1 unspecified atom stereocenters. The van der Waals surface area contributed by atoms with Gasteiger partial charge in [0.05, 0.1) is 6.04 Å². The fourth-order valence-corrected chi connectivity index (χ4v) is 3.79. The Labute approximate surface area is 154 Å². The number of carbonyl (C=O) groups is 1. The van der Waals surface area contributed by atoms with Gasteiger partial charge >= 0.3 is 0 Å². The van der Waals surface area contributed by atoms with Gasteiger partial charge in [0.15, 0.2) is 0 Å². The second-order valence-electron chi connectivity index (χ2n) is 7.07. The maximum Gasteiger partial charge on any atom is 0.244 e. The van der Waals surface area contributed by atoms with Gasteiger partial charge in [0.25, 0.3) is 0 Å². The van der Waals surface area contributed by atoms with Crippen LogP contribution >= 0.6 is 0 Å². The molecule has 0 radical (unpaired) electrons. The first-order valence-electron chi connectivity index (χ1n) is 9.45. The predicted octanol–water partition coefficient (Wildman–Crippen LogP) is 1.82. The van der Waals surface area contributed by atoms with E-state index in [4.69, 9.17) is 0 Å². The molecule has 2 aliphatic heterocycles. The standard InChI is InChI=1S/C21H26N4O/c26-21-20(22-12-10-16-4-2-1-3-5-16)11-13-25(21)19-8-6-17(7-9-19)18-14-23-24-15-18/h1-9,18,20,22-24H,10-15H2. The number of hydrazine groups is 1. The number of benzene rings is 2. The molecule has 0 aliphatic carbocycles. The summed E-state index contributed by atoms with van der Waals surface area (Å²) in [5.41, 5.74) is 9.94. The Balaban J connectivity index is 1.32. The smallest absolute Gasteiger partial charge is 0.244 e. The third kappa shape index (κ3) is 3.80. The number of nitrogens with one attached hydrogen (secondary N) is 3. The van der Waals surface area contributed by atoms with Gasteiger partial charge in [0.1, 0.15) is 0 Å². The van der Waals surface area contributed by atoms with Crippen molar-refractivity contribution in [2.45, 2.75) is 24.8 Å². The zero-order chi connectivity index (χ0) is 17.8. The van der Waals surface area contributed by atoms with Crippen molar-refractivity contribution in [3.05, 3.63) is 65.7 Å². The van der Waals surface area contributed by atoms with E-state index in [-0.39, 0.29) is 11.9 Å². The molecule has 26 heavy (non-hydrogen) atoms. The van der Waals surface area contributed by atoms with Crippen molar-refractivity contribution in [1.29, 1.82) is 0 Å². The van der Waals surface area contributed by atoms with E-state index in [1.54, 1.807) is 0 Å². The normalized spacial score (nSPS) is 20.8. The SMILES string of the molecule is O=C1C(NCCc2ccccc2)CCN1c1ccc(C2CNNC2)cc1. The molecule has 0 spiro atoms. The highest BCUT2D eigenvalue weighted by atomic mass is 16.2. The molecule has 2 fully saturated rings. The fourth-order valence-electron chi connectivity index (χ4n) is 3.79. The molecule has 0 saturated carbocycles. The van der Waals surface area contributed by atoms with Crippen molar-refractivity contribution in [3.8, 4) is 0 Å². The van der Waals surface area contributed by atoms with Crippen molar-refractivity contribution in [3.63, 3.8) is 0 Å². The Morgan fingerprint density at radius 3 is 2.46 bits per heavy atom. The monoisotopic (exact) mass is 350 g/mol. The number of rotatable bonds is 6. The van der Waals surface area contributed by atoms with Gasteiger partial charge in [0.2, 0.25) is 5.91 Å². The molecular weight excluding hydrogens is 324 g/mol. The highest BCUT2D eigenvalue weighted by molar-refractivity contribution is 5.99. The Morgan fingerprint density at radius 2 is 1.73 bits per heavy atom. The number of nitrogens with zero attached hydrogens (tertiary/aromatic N) is 1. The minimum Gasteiger partial charge on any atom is -0.311 e. The van der Waals surface area contributed by atoms with Gasteiger partial charge in [-0.3, -0.25) is 15.6 Å². The van der Waals surface area contributed by atoms with Crippen LogP contribution in [-0.2, 0) is 11.2 Å². The first-order valence-corrected chi connectivity index (χ1v) is 9.45. The first kappa shape index (κ1) is 17.2. The lowest BCUT2D eigenvalue weighted by Gasteiger charge is -2.18. The molecule has 2 heterocycles. The van der Waals surface area contributed by atoms with Crippen LogP contribution in [0.15, 0.2) is 54.6 Å². The van der Waals surface area contributed by atoms with Gasteiger partial charge in [-0.2, -0.15) is 0 Å². The third-order valence-electron chi connectivity index (χ3n) is 5.35. The van der Waals surface area contributed by atoms with Crippen molar-refractivity contribution < 1.29 is 4.79 Å². The van der Waals surface area contributed by atoms with Crippen LogP contribution in [0.2, 0.25) is 0 Å². The lowest BCUT2D eigenvalue weighted by molar-refractivity contribution is -0.118. The lowest BCUT2D eigenvalue weighted by Crippen LogP contribution is -2.39.